The number of benzene rings is 1. The third-order valence-electron chi connectivity index (χ3n) is 2.90. The molecule has 2 nitrogen and oxygen atoms in total. The molecule has 0 atom stereocenters. The van der Waals surface area contributed by atoms with Crippen molar-refractivity contribution in [2.45, 2.75) is 25.9 Å². The Morgan fingerprint density at radius 2 is 1.52 bits per heavy atom. The zero-order chi connectivity index (χ0) is 15.8. The molecule has 0 saturated heterocycles. The quantitative estimate of drug-likeness (QED) is 0.668. The lowest BCUT2D eigenvalue weighted by Crippen LogP contribution is -2.08. The Bertz CT molecular complexity index is 647. The van der Waals surface area contributed by atoms with Gasteiger partial charge < -0.3 is 0 Å². The van der Waals surface area contributed by atoms with Crippen LogP contribution in [0.4, 0.5) is 13.2 Å². The molecule has 112 valence electrons. The minimum atomic E-state index is -4.50. The maximum atomic E-state index is 13.0. The Labute approximate surface area is 129 Å². The van der Waals surface area contributed by atoms with E-state index in [-0.39, 0.29) is 27.6 Å². The Morgan fingerprint density at radius 1 is 1.00 bits per heavy atom. The molecule has 1 aromatic carbocycles. The highest BCUT2D eigenvalue weighted by Gasteiger charge is 2.34. The van der Waals surface area contributed by atoms with Gasteiger partial charge in [-0.05, 0) is 12.0 Å². The van der Waals surface area contributed by atoms with Gasteiger partial charge in [-0.1, -0.05) is 55.2 Å². The fourth-order valence-corrected chi connectivity index (χ4v) is 2.76. The van der Waals surface area contributed by atoms with Crippen LogP contribution in [0.3, 0.4) is 0 Å². The first-order valence-electron chi connectivity index (χ1n) is 6.11. The van der Waals surface area contributed by atoms with Crippen molar-refractivity contribution in [1.29, 1.82) is 0 Å². The molecule has 2 rings (SSSR count). The summed E-state index contributed by atoms with van der Waals surface area (Å²) in [5.74, 6) is -0.167. The predicted octanol–water partition coefficient (Wildman–Crippen LogP) is 5.59. The SMILES string of the molecule is CC(C)c1c(Cl)nc(-c2ccccc2C(F)(F)F)nc1Cl. The highest BCUT2D eigenvalue weighted by molar-refractivity contribution is 6.34. The van der Waals surface area contributed by atoms with E-state index < -0.39 is 11.7 Å². The van der Waals surface area contributed by atoms with E-state index in [1.54, 1.807) is 0 Å². The normalized spacial score (nSPS) is 12.0. The van der Waals surface area contributed by atoms with E-state index in [0.717, 1.165) is 6.07 Å². The lowest BCUT2D eigenvalue weighted by Gasteiger charge is -2.14. The molecule has 7 heteroatoms. The summed E-state index contributed by atoms with van der Waals surface area (Å²) in [5.41, 5.74) is -0.454. The molecular weight excluding hydrogens is 324 g/mol. The molecule has 0 spiro atoms. The van der Waals surface area contributed by atoms with Crippen LogP contribution in [0.1, 0.15) is 30.9 Å². The molecule has 21 heavy (non-hydrogen) atoms. The van der Waals surface area contributed by atoms with E-state index in [2.05, 4.69) is 9.97 Å². The van der Waals surface area contributed by atoms with Crippen LogP contribution in [-0.2, 0) is 6.18 Å². The second-order valence-corrected chi connectivity index (χ2v) is 5.46. The second-order valence-electron chi connectivity index (χ2n) is 4.74. The Balaban J connectivity index is 2.65. The van der Waals surface area contributed by atoms with Crippen LogP contribution in [-0.4, -0.2) is 9.97 Å². The molecule has 0 aliphatic carbocycles. The van der Waals surface area contributed by atoms with Gasteiger partial charge in [0.15, 0.2) is 5.82 Å². The fraction of sp³-hybridized carbons (Fsp3) is 0.286. The van der Waals surface area contributed by atoms with E-state index in [9.17, 15) is 13.2 Å². The van der Waals surface area contributed by atoms with Crippen molar-refractivity contribution in [2.75, 3.05) is 0 Å². The lowest BCUT2D eigenvalue weighted by molar-refractivity contribution is -0.137. The molecule has 1 aromatic heterocycles. The van der Waals surface area contributed by atoms with Crippen molar-refractivity contribution in [1.82, 2.24) is 9.97 Å². The first-order chi connectivity index (χ1) is 9.71. The maximum Gasteiger partial charge on any atom is 0.417 e. The average molecular weight is 335 g/mol. The van der Waals surface area contributed by atoms with Crippen molar-refractivity contribution in [3.63, 3.8) is 0 Å². The summed E-state index contributed by atoms with van der Waals surface area (Å²) in [5, 5.41) is 0.133. The first kappa shape index (κ1) is 16.0. The summed E-state index contributed by atoms with van der Waals surface area (Å²) < 4.78 is 39.1. The van der Waals surface area contributed by atoms with Gasteiger partial charge in [0.05, 0.1) is 5.56 Å². The van der Waals surface area contributed by atoms with Crippen LogP contribution in [0, 0.1) is 0 Å². The van der Waals surface area contributed by atoms with Crippen molar-refractivity contribution in [3.05, 3.63) is 45.7 Å². The van der Waals surface area contributed by atoms with Crippen LogP contribution >= 0.6 is 23.2 Å². The van der Waals surface area contributed by atoms with Gasteiger partial charge >= 0.3 is 6.18 Å². The minimum absolute atomic E-state index is 0.0306. The first-order valence-corrected chi connectivity index (χ1v) is 6.87. The third kappa shape index (κ3) is 3.30. The topological polar surface area (TPSA) is 25.8 Å². The number of hydrogen-bond donors (Lipinski definition) is 0. The number of aromatic nitrogens is 2. The summed E-state index contributed by atoms with van der Waals surface area (Å²) in [7, 11) is 0. The van der Waals surface area contributed by atoms with Gasteiger partial charge in [-0.2, -0.15) is 13.2 Å². The van der Waals surface area contributed by atoms with Crippen molar-refractivity contribution < 1.29 is 13.2 Å². The molecule has 0 radical (unpaired) electrons. The average Bonchev–Trinajstić information content (AvgIpc) is 2.36. The van der Waals surface area contributed by atoms with E-state index in [0.29, 0.717) is 5.56 Å². The molecule has 0 N–H and O–H groups in total. The van der Waals surface area contributed by atoms with Crippen LogP contribution in [0.15, 0.2) is 24.3 Å². The zero-order valence-electron chi connectivity index (χ0n) is 11.2. The van der Waals surface area contributed by atoms with Gasteiger partial charge in [-0.3, -0.25) is 0 Å². The summed E-state index contributed by atoms with van der Waals surface area (Å²) in [6.45, 7) is 3.69. The highest BCUT2D eigenvalue weighted by Crippen LogP contribution is 2.37. The molecule has 0 bridgehead atoms. The lowest BCUT2D eigenvalue weighted by atomic mass is 10.1. The molecule has 0 amide bonds. The molecule has 0 saturated carbocycles. The van der Waals surface area contributed by atoms with Gasteiger partial charge in [0.1, 0.15) is 10.3 Å². The fourth-order valence-electron chi connectivity index (χ4n) is 1.94. The Hall–Kier alpha value is -1.33. The number of alkyl halides is 3. The molecule has 0 aliphatic heterocycles. The number of halogens is 5. The molecule has 0 unspecified atom stereocenters. The van der Waals surface area contributed by atoms with Crippen LogP contribution in [0.5, 0.6) is 0 Å². The number of rotatable bonds is 2. The monoisotopic (exact) mass is 334 g/mol. The summed E-state index contributed by atoms with van der Waals surface area (Å²) in [4.78, 5) is 7.94. The molecule has 0 aliphatic rings. The highest BCUT2D eigenvalue weighted by atomic mass is 35.5. The van der Waals surface area contributed by atoms with Crippen molar-refractivity contribution in [2.24, 2.45) is 0 Å². The predicted molar refractivity (Wildman–Crippen MR) is 76.6 cm³/mol. The number of hydrogen-bond acceptors (Lipinski definition) is 2. The smallest absolute Gasteiger partial charge is 0.216 e. The number of nitrogens with zero attached hydrogens (tertiary/aromatic N) is 2. The van der Waals surface area contributed by atoms with Gasteiger partial charge in [-0.15, -0.1) is 0 Å². The molecule has 1 heterocycles. The Morgan fingerprint density at radius 3 is 2.00 bits per heavy atom. The van der Waals surface area contributed by atoms with Crippen molar-refractivity contribution in [3.8, 4) is 11.4 Å². The van der Waals surface area contributed by atoms with Gasteiger partial charge in [-0.25, -0.2) is 9.97 Å². The second kappa shape index (κ2) is 5.81. The van der Waals surface area contributed by atoms with Crippen LogP contribution < -0.4 is 0 Å². The van der Waals surface area contributed by atoms with Crippen LogP contribution in [0.25, 0.3) is 11.4 Å². The summed E-state index contributed by atoms with van der Waals surface area (Å²) in [6, 6.07) is 5.04. The summed E-state index contributed by atoms with van der Waals surface area (Å²) in [6.07, 6.45) is -4.50. The maximum absolute atomic E-state index is 13.0. The molecule has 0 fully saturated rings. The van der Waals surface area contributed by atoms with Gasteiger partial charge in [0.25, 0.3) is 0 Å². The largest absolute Gasteiger partial charge is 0.417 e. The van der Waals surface area contributed by atoms with E-state index in [1.165, 1.54) is 18.2 Å². The van der Waals surface area contributed by atoms with Crippen LogP contribution in [0.2, 0.25) is 10.3 Å². The standard InChI is InChI=1S/C14H11Cl2F3N2/c1-7(2)10-11(15)20-13(21-12(10)16)8-5-3-4-6-9(8)14(17,18)19/h3-7H,1-2H3. The third-order valence-corrected chi connectivity index (χ3v) is 3.48. The molecular formula is C14H11Cl2F3N2. The minimum Gasteiger partial charge on any atom is -0.216 e. The van der Waals surface area contributed by atoms with E-state index in [4.69, 9.17) is 23.2 Å². The van der Waals surface area contributed by atoms with Gasteiger partial charge in [0, 0.05) is 11.1 Å². The van der Waals surface area contributed by atoms with Crippen molar-refractivity contribution >= 4 is 23.2 Å². The van der Waals surface area contributed by atoms with Gasteiger partial charge in [0.2, 0.25) is 0 Å². The molecule has 2 aromatic rings. The Kier molecular flexibility index (Phi) is 4.44. The van der Waals surface area contributed by atoms with E-state index >= 15 is 0 Å². The zero-order valence-corrected chi connectivity index (χ0v) is 12.7. The summed E-state index contributed by atoms with van der Waals surface area (Å²) >= 11 is 12.1. The van der Waals surface area contributed by atoms with E-state index in [1.807, 2.05) is 13.8 Å².